The van der Waals surface area contributed by atoms with Crippen molar-refractivity contribution in [3.63, 3.8) is 0 Å². The Kier molecular flexibility index (Phi) is 3.64. The molecule has 0 saturated heterocycles. The van der Waals surface area contributed by atoms with Gasteiger partial charge in [0.25, 0.3) is 5.91 Å². The standard InChI is InChI=1S/C8H10ClN3O2/c1-12(2)7(13)5-14-6-3-10-8(9)11-4-6/h3-4H,5H2,1-2H3. The monoisotopic (exact) mass is 215 g/mol. The number of hydrogen-bond donors (Lipinski definition) is 0. The number of carbonyl (C=O) groups is 1. The van der Waals surface area contributed by atoms with Crippen LogP contribution in [0.2, 0.25) is 5.28 Å². The fraction of sp³-hybridized carbons (Fsp3) is 0.375. The summed E-state index contributed by atoms with van der Waals surface area (Å²) in [5, 5.41) is 0.149. The third-order valence-corrected chi connectivity index (χ3v) is 1.65. The van der Waals surface area contributed by atoms with E-state index in [4.69, 9.17) is 16.3 Å². The van der Waals surface area contributed by atoms with Crippen LogP contribution < -0.4 is 4.74 Å². The molecule has 0 bridgehead atoms. The van der Waals surface area contributed by atoms with Crippen LogP contribution in [0, 0.1) is 0 Å². The molecule has 0 aliphatic carbocycles. The molecule has 1 heterocycles. The van der Waals surface area contributed by atoms with Gasteiger partial charge in [-0.05, 0) is 11.6 Å². The lowest BCUT2D eigenvalue weighted by atomic mass is 10.5. The van der Waals surface area contributed by atoms with E-state index >= 15 is 0 Å². The van der Waals surface area contributed by atoms with E-state index in [0.717, 1.165) is 0 Å². The van der Waals surface area contributed by atoms with E-state index in [1.165, 1.54) is 17.3 Å². The first-order valence-corrected chi connectivity index (χ1v) is 4.28. The fourth-order valence-electron chi connectivity index (χ4n) is 0.649. The van der Waals surface area contributed by atoms with Crippen LogP contribution >= 0.6 is 11.6 Å². The number of nitrogens with zero attached hydrogens (tertiary/aromatic N) is 3. The SMILES string of the molecule is CN(C)C(=O)COc1cnc(Cl)nc1. The van der Waals surface area contributed by atoms with Crippen molar-refractivity contribution in [3.8, 4) is 5.75 Å². The van der Waals surface area contributed by atoms with Crippen molar-refractivity contribution in [1.29, 1.82) is 0 Å². The maximum absolute atomic E-state index is 11.1. The van der Waals surface area contributed by atoms with E-state index in [0.29, 0.717) is 5.75 Å². The normalized spacial score (nSPS) is 9.64. The van der Waals surface area contributed by atoms with Crippen LogP contribution in [0.4, 0.5) is 0 Å². The molecule has 0 fully saturated rings. The van der Waals surface area contributed by atoms with Crippen molar-refractivity contribution in [2.45, 2.75) is 0 Å². The van der Waals surface area contributed by atoms with Crippen molar-refractivity contribution < 1.29 is 9.53 Å². The molecule has 0 N–H and O–H groups in total. The van der Waals surface area contributed by atoms with Gasteiger partial charge in [0, 0.05) is 14.1 Å². The maximum Gasteiger partial charge on any atom is 0.259 e. The summed E-state index contributed by atoms with van der Waals surface area (Å²) in [4.78, 5) is 20.0. The highest BCUT2D eigenvalue weighted by atomic mass is 35.5. The second kappa shape index (κ2) is 4.76. The average Bonchev–Trinajstić information content (AvgIpc) is 2.16. The highest BCUT2D eigenvalue weighted by molar-refractivity contribution is 6.28. The predicted molar refractivity (Wildman–Crippen MR) is 51.2 cm³/mol. The van der Waals surface area contributed by atoms with Crippen LogP contribution in [-0.4, -0.2) is 41.5 Å². The van der Waals surface area contributed by atoms with Gasteiger partial charge >= 0.3 is 0 Å². The molecule has 6 heteroatoms. The smallest absolute Gasteiger partial charge is 0.259 e. The summed E-state index contributed by atoms with van der Waals surface area (Å²) in [7, 11) is 3.31. The molecule has 1 amide bonds. The molecule has 1 rings (SSSR count). The fourth-order valence-corrected chi connectivity index (χ4v) is 0.747. The van der Waals surface area contributed by atoms with Crippen molar-refractivity contribution in [2.75, 3.05) is 20.7 Å². The quantitative estimate of drug-likeness (QED) is 0.693. The zero-order chi connectivity index (χ0) is 10.6. The number of rotatable bonds is 3. The average molecular weight is 216 g/mol. The third-order valence-electron chi connectivity index (χ3n) is 1.46. The summed E-state index contributed by atoms with van der Waals surface area (Å²) in [6, 6.07) is 0. The van der Waals surface area contributed by atoms with Crippen LogP contribution in [0.3, 0.4) is 0 Å². The van der Waals surface area contributed by atoms with Gasteiger partial charge < -0.3 is 9.64 Å². The van der Waals surface area contributed by atoms with Crippen LogP contribution in [0.1, 0.15) is 0 Å². The van der Waals surface area contributed by atoms with Crippen LogP contribution in [0.5, 0.6) is 5.75 Å². The van der Waals surface area contributed by atoms with E-state index < -0.39 is 0 Å². The number of ether oxygens (including phenoxy) is 1. The Balaban J connectivity index is 2.46. The van der Waals surface area contributed by atoms with Gasteiger partial charge in [-0.3, -0.25) is 4.79 Å². The Morgan fingerprint density at radius 2 is 2.07 bits per heavy atom. The zero-order valence-electron chi connectivity index (χ0n) is 7.90. The number of aromatic nitrogens is 2. The lowest BCUT2D eigenvalue weighted by molar-refractivity contribution is -0.130. The van der Waals surface area contributed by atoms with Gasteiger partial charge in [0.05, 0.1) is 12.4 Å². The number of hydrogen-bond acceptors (Lipinski definition) is 4. The predicted octanol–water partition coefficient (Wildman–Crippen LogP) is 0.597. The molecule has 1 aromatic rings. The van der Waals surface area contributed by atoms with E-state index in [9.17, 15) is 4.79 Å². The van der Waals surface area contributed by atoms with Crippen molar-refractivity contribution in [3.05, 3.63) is 17.7 Å². The maximum atomic E-state index is 11.1. The highest BCUT2D eigenvalue weighted by Gasteiger charge is 2.04. The number of carbonyl (C=O) groups excluding carboxylic acids is 1. The topological polar surface area (TPSA) is 55.3 Å². The summed E-state index contributed by atoms with van der Waals surface area (Å²) in [6.45, 7) is -0.0298. The van der Waals surface area contributed by atoms with Crippen molar-refractivity contribution in [1.82, 2.24) is 14.9 Å². The Labute approximate surface area is 86.7 Å². The summed E-state index contributed by atoms with van der Waals surface area (Å²) in [6.07, 6.45) is 2.83. The first-order chi connectivity index (χ1) is 6.59. The van der Waals surface area contributed by atoms with Crippen LogP contribution in [-0.2, 0) is 4.79 Å². The van der Waals surface area contributed by atoms with E-state index in [-0.39, 0.29) is 17.8 Å². The van der Waals surface area contributed by atoms with Gasteiger partial charge in [0.15, 0.2) is 12.4 Å². The van der Waals surface area contributed by atoms with E-state index in [2.05, 4.69) is 9.97 Å². The van der Waals surface area contributed by atoms with Gasteiger partial charge in [-0.15, -0.1) is 0 Å². The largest absolute Gasteiger partial charge is 0.481 e. The molecular formula is C8H10ClN3O2. The van der Waals surface area contributed by atoms with Gasteiger partial charge in [-0.25, -0.2) is 9.97 Å². The van der Waals surface area contributed by atoms with E-state index in [1.54, 1.807) is 14.1 Å². The van der Waals surface area contributed by atoms with Gasteiger partial charge in [0.1, 0.15) is 0 Å². The third kappa shape index (κ3) is 3.18. The molecular weight excluding hydrogens is 206 g/mol. The van der Waals surface area contributed by atoms with Crippen molar-refractivity contribution >= 4 is 17.5 Å². The van der Waals surface area contributed by atoms with Gasteiger partial charge in [0.2, 0.25) is 5.28 Å². The summed E-state index contributed by atoms with van der Waals surface area (Å²) in [5.41, 5.74) is 0. The van der Waals surface area contributed by atoms with Gasteiger partial charge in [-0.2, -0.15) is 0 Å². The molecule has 76 valence electrons. The minimum atomic E-state index is -0.125. The molecule has 1 aromatic heterocycles. The van der Waals surface area contributed by atoms with Crippen LogP contribution in [0.25, 0.3) is 0 Å². The Morgan fingerprint density at radius 1 is 1.50 bits per heavy atom. The zero-order valence-corrected chi connectivity index (χ0v) is 8.65. The Hall–Kier alpha value is -1.36. The molecule has 0 unspecified atom stereocenters. The lowest BCUT2D eigenvalue weighted by Gasteiger charge is -2.10. The summed E-state index contributed by atoms with van der Waals surface area (Å²) < 4.78 is 5.11. The molecule has 0 saturated carbocycles. The number of halogens is 1. The highest BCUT2D eigenvalue weighted by Crippen LogP contribution is 2.08. The summed E-state index contributed by atoms with van der Waals surface area (Å²) in [5.74, 6) is 0.296. The number of amides is 1. The number of likely N-dealkylation sites (N-methyl/N-ethyl adjacent to an activating group) is 1. The molecule has 0 atom stereocenters. The van der Waals surface area contributed by atoms with E-state index in [1.807, 2.05) is 0 Å². The first kappa shape index (κ1) is 10.7. The molecule has 0 radical (unpaired) electrons. The van der Waals surface area contributed by atoms with Crippen LogP contribution in [0.15, 0.2) is 12.4 Å². The van der Waals surface area contributed by atoms with Gasteiger partial charge in [-0.1, -0.05) is 0 Å². The molecule has 0 aliphatic rings. The minimum absolute atomic E-state index is 0.0298. The molecule has 0 spiro atoms. The summed E-state index contributed by atoms with van der Waals surface area (Å²) >= 11 is 5.47. The Bertz CT molecular complexity index is 313. The first-order valence-electron chi connectivity index (χ1n) is 3.90. The second-order valence-electron chi connectivity index (χ2n) is 2.76. The molecule has 0 aromatic carbocycles. The molecule has 14 heavy (non-hydrogen) atoms. The molecule has 5 nitrogen and oxygen atoms in total. The lowest BCUT2D eigenvalue weighted by Crippen LogP contribution is -2.27. The molecule has 0 aliphatic heterocycles. The minimum Gasteiger partial charge on any atom is -0.481 e. The van der Waals surface area contributed by atoms with Crippen molar-refractivity contribution in [2.24, 2.45) is 0 Å². The Morgan fingerprint density at radius 3 is 2.57 bits per heavy atom. The second-order valence-corrected chi connectivity index (χ2v) is 3.10.